The van der Waals surface area contributed by atoms with Crippen LogP contribution in [0.5, 0.6) is 0 Å². The summed E-state index contributed by atoms with van der Waals surface area (Å²) in [6, 6.07) is 14.7. The molecule has 0 radical (unpaired) electrons. The van der Waals surface area contributed by atoms with Gasteiger partial charge in [-0.25, -0.2) is 0 Å². The van der Waals surface area contributed by atoms with E-state index in [9.17, 15) is 0 Å². The molecule has 4 rings (SSSR count). The third-order valence-corrected chi connectivity index (χ3v) is 5.35. The molecule has 3 aromatic rings. The van der Waals surface area contributed by atoms with E-state index in [2.05, 4.69) is 43.3 Å². The highest BCUT2D eigenvalue weighted by Gasteiger charge is 2.24. The molecule has 0 unspecified atom stereocenters. The normalized spacial score (nSPS) is 16.3. The van der Waals surface area contributed by atoms with Gasteiger partial charge >= 0.3 is 0 Å². The highest BCUT2D eigenvalue weighted by molar-refractivity contribution is 7.10. The van der Waals surface area contributed by atoms with Gasteiger partial charge in [0.1, 0.15) is 0 Å². The molecule has 1 fully saturated rings. The Hall–Kier alpha value is -2.25. The summed E-state index contributed by atoms with van der Waals surface area (Å²) >= 11 is 1.82. The number of tetrazole rings is 1. The number of para-hydroxylation sites is 1. The molecular weight excluding hydrogens is 320 g/mol. The number of rotatable bonds is 6. The summed E-state index contributed by atoms with van der Waals surface area (Å²) in [5.74, 6) is 0.682. The van der Waals surface area contributed by atoms with Crippen molar-refractivity contribution in [3.8, 4) is 5.69 Å². The number of thiophene rings is 1. The van der Waals surface area contributed by atoms with Gasteiger partial charge in [0.05, 0.1) is 11.7 Å². The maximum absolute atomic E-state index is 4.15. The lowest BCUT2D eigenvalue weighted by molar-refractivity contribution is 0.259. The Balaban J connectivity index is 1.52. The van der Waals surface area contributed by atoms with Crippen molar-refractivity contribution in [1.82, 2.24) is 25.1 Å². The monoisotopic (exact) mass is 340 g/mol. The number of nitrogens with one attached hydrogen (secondary N) is 1. The van der Waals surface area contributed by atoms with Crippen LogP contribution in [-0.2, 0) is 0 Å². The maximum Gasteiger partial charge on any atom is 0.247 e. The van der Waals surface area contributed by atoms with Crippen molar-refractivity contribution in [2.45, 2.75) is 18.9 Å². The second-order valence-electron chi connectivity index (χ2n) is 5.91. The fourth-order valence-electron chi connectivity index (χ4n) is 3.17. The average Bonchev–Trinajstić information content (AvgIpc) is 3.39. The minimum absolute atomic E-state index is 0.369. The fraction of sp³-hybridized carbons (Fsp3) is 0.353. The molecule has 1 aliphatic rings. The summed E-state index contributed by atoms with van der Waals surface area (Å²) in [5, 5.41) is 17.7. The molecule has 1 aliphatic heterocycles. The van der Waals surface area contributed by atoms with E-state index in [0.29, 0.717) is 12.0 Å². The lowest BCUT2D eigenvalue weighted by atomic mass is 10.2. The van der Waals surface area contributed by atoms with Crippen molar-refractivity contribution < 1.29 is 0 Å². The Bertz CT molecular complexity index is 749. The molecule has 24 heavy (non-hydrogen) atoms. The first-order valence-corrected chi connectivity index (χ1v) is 9.15. The third-order valence-electron chi connectivity index (χ3n) is 4.38. The molecule has 1 N–H and O–H groups in total. The van der Waals surface area contributed by atoms with Crippen LogP contribution in [0.1, 0.15) is 23.8 Å². The lowest BCUT2D eigenvalue weighted by Gasteiger charge is -2.26. The number of benzene rings is 1. The molecule has 0 saturated carbocycles. The molecule has 1 atom stereocenters. The number of aromatic nitrogens is 4. The van der Waals surface area contributed by atoms with Gasteiger partial charge in [0.15, 0.2) is 0 Å². The Morgan fingerprint density at radius 3 is 2.67 bits per heavy atom. The van der Waals surface area contributed by atoms with Crippen LogP contribution in [0.4, 0.5) is 5.95 Å². The zero-order valence-electron chi connectivity index (χ0n) is 13.4. The second kappa shape index (κ2) is 7.11. The van der Waals surface area contributed by atoms with Gasteiger partial charge in [-0.05, 0) is 59.9 Å². The Kier molecular flexibility index (Phi) is 4.53. The Labute approximate surface area is 145 Å². The Morgan fingerprint density at radius 1 is 1.08 bits per heavy atom. The topological polar surface area (TPSA) is 58.9 Å². The first-order chi connectivity index (χ1) is 11.9. The molecule has 124 valence electrons. The summed E-state index contributed by atoms with van der Waals surface area (Å²) in [6.45, 7) is 3.12. The van der Waals surface area contributed by atoms with Crippen LogP contribution >= 0.6 is 11.3 Å². The molecule has 1 saturated heterocycles. The molecule has 6 nitrogen and oxygen atoms in total. The molecule has 0 spiro atoms. The van der Waals surface area contributed by atoms with Crippen molar-refractivity contribution in [1.29, 1.82) is 0 Å². The SMILES string of the molecule is c1ccc(-n2nnnc2NC[C@H](c2cccs2)N2CCCC2)cc1. The summed E-state index contributed by atoms with van der Waals surface area (Å²) in [6.07, 6.45) is 2.56. The predicted molar refractivity (Wildman–Crippen MR) is 95.5 cm³/mol. The summed E-state index contributed by atoms with van der Waals surface area (Å²) < 4.78 is 1.75. The zero-order chi connectivity index (χ0) is 16.2. The smallest absolute Gasteiger partial charge is 0.247 e. The van der Waals surface area contributed by atoms with Gasteiger partial charge in [0.2, 0.25) is 5.95 Å². The molecule has 1 aromatic carbocycles. The van der Waals surface area contributed by atoms with Crippen LogP contribution in [0.3, 0.4) is 0 Å². The van der Waals surface area contributed by atoms with Crippen molar-refractivity contribution in [3.63, 3.8) is 0 Å². The van der Waals surface area contributed by atoms with Gasteiger partial charge in [-0.15, -0.1) is 11.3 Å². The highest BCUT2D eigenvalue weighted by atomic mass is 32.1. The molecule has 3 heterocycles. The minimum atomic E-state index is 0.369. The third kappa shape index (κ3) is 3.18. The first-order valence-electron chi connectivity index (χ1n) is 8.27. The van der Waals surface area contributed by atoms with E-state index in [-0.39, 0.29) is 0 Å². The summed E-state index contributed by atoms with van der Waals surface area (Å²) in [4.78, 5) is 3.94. The number of anilines is 1. The number of likely N-dealkylation sites (tertiary alicyclic amines) is 1. The number of hydrogen-bond acceptors (Lipinski definition) is 6. The van der Waals surface area contributed by atoms with Crippen LogP contribution in [0.15, 0.2) is 47.8 Å². The lowest BCUT2D eigenvalue weighted by Crippen LogP contribution is -2.31. The maximum atomic E-state index is 4.15. The molecule has 2 aromatic heterocycles. The van der Waals surface area contributed by atoms with Crippen molar-refractivity contribution in [3.05, 3.63) is 52.7 Å². The second-order valence-corrected chi connectivity index (χ2v) is 6.88. The molecule has 7 heteroatoms. The van der Waals surface area contributed by atoms with Crippen LogP contribution < -0.4 is 5.32 Å². The van der Waals surface area contributed by atoms with Gasteiger partial charge in [-0.3, -0.25) is 4.90 Å². The van der Waals surface area contributed by atoms with E-state index in [1.54, 1.807) is 4.68 Å². The van der Waals surface area contributed by atoms with Crippen LogP contribution in [-0.4, -0.2) is 44.7 Å². The van der Waals surface area contributed by atoms with Crippen LogP contribution in [0, 0.1) is 0 Å². The van der Waals surface area contributed by atoms with Gasteiger partial charge < -0.3 is 5.32 Å². The van der Waals surface area contributed by atoms with Gasteiger partial charge in [-0.2, -0.15) is 4.68 Å². The van der Waals surface area contributed by atoms with Crippen LogP contribution in [0.2, 0.25) is 0 Å². The molecular formula is C17H20N6S. The molecule has 0 amide bonds. The molecule has 0 aliphatic carbocycles. The largest absolute Gasteiger partial charge is 0.351 e. The van der Waals surface area contributed by atoms with E-state index in [1.807, 2.05) is 41.7 Å². The van der Waals surface area contributed by atoms with Crippen molar-refractivity contribution in [2.24, 2.45) is 0 Å². The fourth-order valence-corrected chi connectivity index (χ4v) is 4.03. The highest BCUT2D eigenvalue weighted by Crippen LogP contribution is 2.28. The Morgan fingerprint density at radius 2 is 1.92 bits per heavy atom. The average molecular weight is 340 g/mol. The standard InChI is InChI=1S/C17H20N6S/c1-2-7-14(8-3-1)23-17(19-20-21-23)18-13-15(16-9-6-12-24-16)22-10-4-5-11-22/h1-3,6-9,12,15H,4-5,10-11,13H2,(H,18,19,21)/t15-/m1/s1. The van der Waals surface area contributed by atoms with Gasteiger partial charge in [0, 0.05) is 11.4 Å². The van der Waals surface area contributed by atoms with E-state index in [4.69, 9.17) is 0 Å². The van der Waals surface area contributed by atoms with Crippen LogP contribution in [0.25, 0.3) is 5.69 Å². The first kappa shape index (κ1) is 15.3. The number of hydrogen-bond donors (Lipinski definition) is 1. The van der Waals surface area contributed by atoms with E-state index in [1.165, 1.54) is 17.7 Å². The molecule has 0 bridgehead atoms. The van der Waals surface area contributed by atoms with Crippen molar-refractivity contribution in [2.75, 3.05) is 25.0 Å². The van der Waals surface area contributed by atoms with Gasteiger partial charge in [0.25, 0.3) is 0 Å². The zero-order valence-corrected chi connectivity index (χ0v) is 14.2. The minimum Gasteiger partial charge on any atom is -0.351 e. The van der Waals surface area contributed by atoms with E-state index < -0.39 is 0 Å². The number of nitrogens with zero attached hydrogens (tertiary/aromatic N) is 5. The van der Waals surface area contributed by atoms with Crippen molar-refractivity contribution >= 4 is 17.3 Å². The quantitative estimate of drug-likeness (QED) is 0.747. The predicted octanol–water partition coefficient (Wildman–Crippen LogP) is 2.97. The summed E-state index contributed by atoms with van der Waals surface area (Å²) in [7, 11) is 0. The summed E-state index contributed by atoms with van der Waals surface area (Å²) in [5.41, 5.74) is 0.957. The van der Waals surface area contributed by atoms with E-state index >= 15 is 0 Å². The van der Waals surface area contributed by atoms with E-state index in [0.717, 1.165) is 25.3 Å². The van der Waals surface area contributed by atoms with Gasteiger partial charge in [-0.1, -0.05) is 29.4 Å².